The van der Waals surface area contributed by atoms with E-state index in [0.29, 0.717) is 64.6 Å². The fourth-order valence-electron chi connectivity index (χ4n) is 5.25. The molecule has 2 aliphatic rings. The smallest absolute Gasteiger partial charge is 0.253 e. The van der Waals surface area contributed by atoms with Gasteiger partial charge in [-0.05, 0) is 43.0 Å². The highest BCUT2D eigenvalue weighted by Crippen LogP contribution is 2.37. The fourth-order valence-corrected chi connectivity index (χ4v) is 6.54. The molecule has 16 nitrogen and oxygen atoms in total. The Bertz CT molecular complexity index is 1480. The summed E-state index contributed by atoms with van der Waals surface area (Å²) in [6, 6.07) is 7.05. The Balaban J connectivity index is 1.24. The van der Waals surface area contributed by atoms with E-state index in [4.69, 9.17) is 19.7 Å². The molecule has 0 spiro atoms. The second-order valence-corrected chi connectivity index (χ2v) is 13.5. The number of ketones is 2. The molecule has 17 heteroatoms. The molecule has 282 valence electrons. The second kappa shape index (κ2) is 23.2. The predicted octanol–water partition coefficient (Wildman–Crippen LogP) is 3.10. The normalized spacial score (nSPS) is 16.1. The maximum atomic E-state index is 13.0. The molecule has 2 aliphatic heterocycles. The van der Waals surface area contributed by atoms with Crippen molar-refractivity contribution >= 4 is 52.9 Å². The monoisotopic (exact) mass is 742 g/mol. The number of benzene rings is 1. The van der Waals surface area contributed by atoms with E-state index in [-0.39, 0.29) is 86.3 Å². The molecule has 1 aromatic carbocycles. The first-order valence-corrected chi connectivity index (χ1v) is 18.2. The summed E-state index contributed by atoms with van der Waals surface area (Å²) in [5.74, 6) is -1.82. The lowest BCUT2D eigenvalue weighted by molar-refractivity contribution is -0.139. The van der Waals surface area contributed by atoms with Crippen LogP contribution >= 0.6 is 11.8 Å². The third-order valence-corrected chi connectivity index (χ3v) is 9.51. The van der Waals surface area contributed by atoms with E-state index in [1.807, 2.05) is 19.1 Å². The number of likely N-dealkylation sites (tertiary alicyclic amines) is 1. The van der Waals surface area contributed by atoms with Crippen molar-refractivity contribution in [2.45, 2.75) is 62.4 Å². The molecular formula is C35H46N6O10S. The molecule has 1 N–H and O–H groups in total. The Morgan fingerprint density at radius 1 is 0.846 bits per heavy atom. The molecular weight excluding hydrogens is 696 g/mol. The number of amides is 5. The number of thioether (sulfide) groups is 1. The highest BCUT2D eigenvalue weighted by Gasteiger charge is 2.39. The SMILES string of the molecule is CC(SC1CC(=O)N(CCC(=O)CCCOCCCC(=O)CCN2C(=O)C=CC2=O)C1=O)c1ccc(C(=O)NCCOCCOCCN=[N+]=[N-])cc1. The second-order valence-electron chi connectivity index (χ2n) is 12.0. The Labute approximate surface area is 306 Å². The zero-order valence-electron chi connectivity index (χ0n) is 29.4. The molecule has 0 saturated carbocycles. The van der Waals surface area contributed by atoms with Crippen LogP contribution in [0.1, 0.15) is 73.0 Å². The summed E-state index contributed by atoms with van der Waals surface area (Å²) in [7, 11) is 0. The number of azide groups is 1. The quantitative estimate of drug-likeness (QED) is 0.0454. The van der Waals surface area contributed by atoms with E-state index in [9.17, 15) is 33.6 Å². The Morgan fingerprint density at radius 2 is 1.42 bits per heavy atom. The molecule has 2 unspecified atom stereocenters. The number of carbonyl (C=O) groups is 7. The summed E-state index contributed by atoms with van der Waals surface area (Å²) in [6.07, 6.45) is 4.09. The first kappa shape index (κ1) is 42.0. The summed E-state index contributed by atoms with van der Waals surface area (Å²) in [6.45, 7) is 4.64. The van der Waals surface area contributed by atoms with Crippen LogP contribution in [-0.2, 0) is 43.0 Å². The van der Waals surface area contributed by atoms with E-state index >= 15 is 0 Å². The fraction of sp³-hybridized carbons (Fsp3) is 0.571. The number of hydrogen-bond acceptors (Lipinski definition) is 12. The van der Waals surface area contributed by atoms with Crippen molar-refractivity contribution in [2.75, 3.05) is 65.8 Å². The largest absolute Gasteiger partial charge is 0.381 e. The summed E-state index contributed by atoms with van der Waals surface area (Å²) >= 11 is 1.37. The predicted molar refractivity (Wildman–Crippen MR) is 190 cm³/mol. The van der Waals surface area contributed by atoms with Crippen molar-refractivity contribution in [2.24, 2.45) is 5.11 Å². The molecule has 0 aliphatic carbocycles. The number of carbonyl (C=O) groups excluding carboxylic acids is 7. The number of nitrogens with one attached hydrogen (secondary N) is 1. The van der Waals surface area contributed by atoms with E-state index < -0.39 is 17.1 Å². The zero-order chi connectivity index (χ0) is 37.7. The summed E-state index contributed by atoms with van der Waals surface area (Å²) in [4.78, 5) is 90.5. The highest BCUT2D eigenvalue weighted by molar-refractivity contribution is 8.00. The lowest BCUT2D eigenvalue weighted by Crippen LogP contribution is -2.33. The lowest BCUT2D eigenvalue weighted by atomic mass is 10.1. The van der Waals surface area contributed by atoms with Gasteiger partial charge in [0.1, 0.15) is 11.6 Å². The third-order valence-electron chi connectivity index (χ3n) is 8.13. The number of rotatable bonds is 27. The van der Waals surface area contributed by atoms with Crippen LogP contribution in [0.25, 0.3) is 10.4 Å². The van der Waals surface area contributed by atoms with Crippen LogP contribution in [0, 0.1) is 0 Å². The van der Waals surface area contributed by atoms with Crippen molar-refractivity contribution in [3.05, 3.63) is 58.0 Å². The van der Waals surface area contributed by atoms with Crippen LogP contribution in [0.4, 0.5) is 0 Å². The summed E-state index contributed by atoms with van der Waals surface area (Å²) in [5.41, 5.74) is 9.58. The van der Waals surface area contributed by atoms with Gasteiger partial charge in [0.2, 0.25) is 11.8 Å². The molecule has 1 saturated heterocycles. The van der Waals surface area contributed by atoms with Crippen molar-refractivity contribution in [1.29, 1.82) is 0 Å². The van der Waals surface area contributed by atoms with Crippen LogP contribution in [-0.4, -0.2) is 122 Å². The third kappa shape index (κ3) is 14.7. The van der Waals surface area contributed by atoms with Gasteiger partial charge in [0.05, 0.1) is 31.7 Å². The standard InChI is InChI=1S/C35H46N6O10S/c1-25(26-6-8-27(9-7-26)34(47)37-14-20-50-22-23-51-21-15-38-39-36)52-30-24-33(46)41(35(30)48)17-13-29(43)5-3-19-49-18-2-4-28(42)12-16-40-31(44)10-11-32(40)45/h6-11,25,30H,2-5,12-24H2,1H3,(H,37,47). The van der Waals surface area contributed by atoms with E-state index in [0.717, 1.165) is 15.4 Å². The molecule has 3 rings (SSSR count). The van der Waals surface area contributed by atoms with Gasteiger partial charge in [-0.25, -0.2) is 0 Å². The maximum Gasteiger partial charge on any atom is 0.253 e. The van der Waals surface area contributed by atoms with Crippen LogP contribution in [0.2, 0.25) is 0 Å². The van der Waals surface area contributed by atoms with Crippen molar-refractivity contribution in [1.82, 2.24) is 15.1 Å². The molecule has 1 fully saturated rings. The van der Waals surface area contributed by atoms with Gasteiger partial charge in [0.15, 0.2) is 0 Å². The minimum atomic E-state index is -0.556. The van der Waals surface area contributed by atoms with E-state index in [1.54, 1.807) is 12.1 Å². The first-order chi connectivity index (χ1) is 25.1. The van der Waals surface area contributed by atoms with Crippen LogP contribution in [0.15, 0.2) is 41.5 Å². The van der Waals surface area contributed by atoms with Gasteiger partial charge in [-0.15, -0.1) is 11.8 Å². The van der Waals surface area contributed by atoms with Crippen molar-refractivity contribution in [3.8, 4) is 0 Å². The molecule has 2 atom stereocenters. The van der Waals surface area contributed by atoms with Crippen LogP contribution in [0.5, 0.6) is 0 Å². The lowest BCUT2D eigenvalue weighted by Gasteiger charge is -2.17. The Morgan fingerprint density at radius 3 is 2.04 bits per heavy atom. The average Bonchev–Trinajstić information content (AvgIpc) is 3.60. The molecule has 0 radical (unpaired) electrons. The first-order valence-electron chi connectivity index (χ1n) is 17.3. The van der Waals surface area contributed by atoms with Gasteiger partial charge < -0.3 is 19.5 Å². The topological polar surface area (TPSA) is 214 Å². The van der Waals surface area contributed by atoms with E-state index in [1.165, 1.54) is 23.9 Å². The molecule has 5 amide bonds. The Kier molecular flexibility index (Phi) is 18.8. The van der Waals surface area contributed by atoms with Crippen molar-refractivity contribution < 1.29 is 47.8 Å². The average molecular weight is 743 g/mol. The molecule has 52 heavy (non-hydrogen) atoms. The highest BCUT2D eigenvalue weighted by atomic mass is 32.2. The number of imide groups is 2. The maximum absolute atomic E-state index is 13.0. The number of ether oxygens (including phenoxy) is 3. The van der Waals surface area contributed by atoms with E-state index in [2.05, 4.69) is 15.3 Å². The van der Waals surface area contributed by atoms with Gasteiger partial charge in [0.25, 0.3) is 17.7 Å². The van der Waals surface area contributed by atoms with Gasteiger partial charge >= 0.3 is 0 Å². The number of nitrogens with zero attached hydrogens (tertiary/aromatic N) is 5. The molecule has 2 heterocycles. The summed E-state index contributed by atoms with van der Waals surface area (Å²) in [5, 5.41) is 5.47. The van der Waals surface area contributed by atoms with Gasteiger partial charge in [-0.1, -0.05) is 17.2 Å². The Hall–Kier alpha value is -4.41. The van der Waals surface area contributed by atoms with Crippen molar-refractivity contribution in [3.63, 3.8) is 0 Å². The molecule has 0 bridgehead atoms. The van der Waals surface area contributed by atoms with Gasteiger partial charge in [0, 0.05) is 99.4 Å². The minimum Gasteiger partial charge on any atom is -0.381 e. The zero-order valence-corrected chi connectivity index (χ0v) is 30.2. The molecule has 0 aromatic heterocycles. The number of Topliss-reactive ketones (excluding diaryl/α,β-unsaturated/α-hetero) is 2. The summed E-state index contributed by atoms with van der Waals surface area (Å²) < 4.78 is 16.2. The number of hydrogen-bond donors (Lipinski definition) is 1. The van der Waals surface area contributed by atoms with Gasteiger partial charge in [-0.2, -0.15) is 0 Å². The minimum absolute atomic E-state index is 0.0388. The molecule has 1 aromatic rings. The van der Waals surface area contributed by atoms with Gasteiger partial charge in [-0.3, -0.25) is 43.4 Å². The van der Waals surface area contributed by atoms with Crippen LogP contribution in [0.3, 0.4) is 0 Å². The van der Waals surface area contributed by atoms with Crippen LogP contribution < -0.4 is 5.32 Å².